The van der Waals surface area contributed by atoms with E-state index in [2.05, 4.69) is 10.3 Å². The summed E-state index contributed by atoms with van der Waals surface area (Å²) in [5.74, 6) is 0.355. The number of oxazole rings is 1. The summed E-state index contributed by atoms with van der Waals surface area (Å²) in [6.45, 7) is 0.698. The van der Waals surface area contributed by atoms with Crippen molar-refractivity contribution in [3.8, 4) is 5.75 Å². The topological polar surface area (TPSA) is 93.6 Å². The van der Waals surface area contributed by atoms with Gasteiger partial charge in [-0.1, -0.05) is 30.3 Å². The van der Waals surface area contributed by atoms with Crippen LogP contribution in [0.25, 0.3) is 11.1 Å². The molecule has 0 aliphatic heterocycles. The molecule has 0 aliphatic rings. The minimum atomic E-state index is -0.153. The number of nitrogens with two attached hydrogens (primary N) is 1. The highest BCUT2D eigenvalue weighted by Crippen LogP contribution is 2.27. The standard InChI is InChI=1S/C21H23FN4O3/c1-24-20(27)13-26(12-15-5-3-2-4-6-15)21-25-18-8-7-17(9-19(18)29-21)28-14-16(10-22)11-23/h2-10H,11-14,23H2,1H3,(H,24,27)/b16-10+. The second-order valence-electron chi connectivity index (χ2n) is 6.40. The Bertz CT molecular complexity index is 988. The second kappa shape index (κ2) is 9.70. The van der Waals surface area contributed by atoms with Gasteiger partial charge < -0.3 is 25.1 Å². The molecule has 8 heteroatoms. The number of fused-ring (bicyclic) bond motifs is 1. The molecule has 3 N–H and O–H groups in total. The van der Waals surface area contributed by atoms with Crippen LogP contribution >= 0.6 is 0 Å². The molecule has 0 spiro atoms. The number of nitrogens with zero attached hydrogens (tertiary/aromatic N) is 2. The number of halogens is 1. The van der Waals surface area contributed by atoms with Gasteiger partial charge >= 0.3 is 0 Å². The Morgan fingerprint density at radius 3 is 2.79 bits per heavy atom. The van der Waals surface area contributed by atoms with E-state index in [1.165, 1.54) is 0 Å². The van der Waals surface area contributed by atoms with Gasteiger partial charge in [0.25, 0.3) is 6.01 Å². The third-order valence-corrected chi connectivity index (χ3v) is 4.29. The predicted molar refractivity (Wildman–Crippen MR) is 109 cm³/mol. The lowest BCUT2D eigenvalue weighted by atomic mass is 10.2. The van der Waals surface area contributed by atoms with Gasteiger partial charge in [-0.05, 0) is 17.7 Å². The molecule has 0 aliphatic carbocycles. The highest BCUT2D eigenvalue weighted by molar-refractivity contribution is 5.81. The first-order valence-electron chi connectivity index (χ1n) is 9.14. The van der Waals surface area contributed by atoms with Crippen LogP contribution in [0.5, 0.6) is 5.75 Å². The lowest BCUT2D eigenvalue weighted by Gasteiger charge is -2.19. The maximum Gasteiger partial charge on any atom is 0.299 e. The molecule has 152 valence electrons. The molecule has 1 amide bonds. The van der Waals surface area contributed by atoms with E-state index in [1.54, 1.807) is 30.1 Å². The van der Waals surface area contributed by atoms with Crippen LogP contribution in [0.15, 0.2) is 64.9 Å². The number of nitrogens with one attached hydrogen (secondary N) is 1. The SMILES string of the molecule is CNC(=O)CN(Cc1ccccc1)c1nc2ccc(OC/C(=C/F)CN)cc2o1. The Morgan fingerprint density at radius 1 is 1.31 bits per heavy atom. The Balaban J connectivity index is 1.83. The molecule has 0 radical (unpaired) electrons. The van der Waals surface area contributed by atoms with Crippen molar-refractivity contribution in [2.45, 2.75) is 6.54 Å². The fourth-order valence-electron chi connectivity index (χ4n) is 2.68. The van der Waals surface area contributed by atoms with E-state index in [4.69, 9.17) is 14.9 Å². The van der Waals surface area contributed by atoms with Gasteiger partial charge in [0.2, 0.25) is 5.91 Å². The van der Waals surface area contributed by atoms with Crippen LogP contribution in [-0.4, -0.2) is 37.6 Å². The van der Waals surface area contributed by atoms with Gasteiger partial charge in [0.1, 0.15) is 24.4 Å². The summed E-state index contributed by atoms with van der Waals surface area (Å²) in [6.07, 6.45) is 0.450. The lowest BCUT2D eigenvalue weighted by molar-refractivity contribution is -0.119. The Kier molecular flexibility index (Phi) is 6.80. The summed E-state index contributed by atoms with van der Waals surface area (Å²) < 4.78 is 24.1. The van der Waals surface area contributed by atoms with Crippen molar-refractivity contribution < 1.29 is 18.3 Å². The third kappa shape index (κ3) is 5.32. The van der Waals surface area contributed by atoms with Crippen molar-refractivity contribution in [3.05, 3.63) is 66.0 Å². The van der Waals surface area contributed by atoms with E-state index in [0.717, 1.165) is 5.56 Å². The average Bonchev–Trinajstić information content (AvgIpc) is 3.18. The molecular weight excluding hydrogens is 375 g/mol. The van der Waals surface area contributed by atoms with Gasteiger partial charge in [-0.3, -0.25) is 4.79 Å². The number of carbonyl (C=O) groups excluding carboxylic acids is 1. The first-order chi connectivity index (χ1) is 14.1. The number of rotatable bonds is 9. The molecule has 3 aromatic rings. The Labute approximate surface area is 168 Å². The van der Waals surface area contributed by atoms with Gasteiger partial charge in [0.05, 0.1) is 6.33 Å². The number of aromatic nitrogens is 1. The van der Waals surface area contributed by atoms with Crippen LogP contribution in [0.2, 0.25) is 0 Å². The van der Waals surface area contributed by atoms with Gasteiger partial charge in [0.15, 0.2) is 5.58 Å². The van der Waals surface area contributed by atoms with Gasteiger partial charge in [-0.15, -0.1) is 0 Å². The summed E-state index contributed by atoms with van der Waals surface area (Å²) in [6, 6.07) is 15.2. The summed E-state index contributed by atoms with van der Waals surface area (Å²) >= 11 is 0. The average molecular weight is 398 g/mol. The lowest BCUT2D eigenvalue weighted by Crippen LogP contribution is -2.35. The molecule has 29 heavy (non-hydrogen) atoms. The number of amides is 1. The van der Waals surface area contributed by atoms with Crippen molar-refractivity contribution >= 4 is 23.0 Å². The van der Waals surface area contributed by atoms with Crippen LogP contribution in [0.3, 0.4) is 0 Å². The maximum absolute atomic E-state index is 12.6. The Morgan fingerprint density at radius 2 is 2.10 bits per heavy atom. The molecule has 1 heterocycles. The fourth-order valence-corrected chi connectivity index (χ4v) is 2.68. The van der Waals surface area contributed by atoms with Crippen molar-refractivity contribution in [2.75, 3.05) is 31.6 Å². The first kappa shape index (κ1) is 20.3. The van der Waals surface area contributed by atoms with Crippen molar-refractivity contribution in [3.63, 3.8) is 0 Å². The zero-order chi connectivity index (χ0) is 20.6. The molecule has 1 aromatic heterocycles. The van der Waals surface area contributed by atoms with Gasteiger partial charge in [-0.2, -0.15) is 4.98 Å². The highest BCUT2D eigenvalue weighted by Gasteiger charge is 2.18. The molecule has 0 atom stereocenters. The number of anilines is 1. The van der Waals surface area contributed by atoms with E-state index < -0.39 is 0 Å². The molecule has 7 nitrogen and oxygen atoms in total. The minimum absolute atomic E-state index is 0.0519. The van der Waals surface area contributed by atoms with Crippen molar-refractivity contribution in [2.24, 2.45) is 5.73 Å². The van der Waals surface area contributed by atoms with Gasteiger partial charge in [-0.25, -0.2) is 4.39 Å². The number of hydrogen-bond acceptors (Lipinski definition) is 6. The van der Waals surface area contributed by atoms with E-state index in [-0.39, 0.29) is 25.6 Å². The highest BCUT2D eigenvalue weighted by atomic mass is 19.1. The number of hydrogen-bond donors (Lipinski definition) is 2. The molecule has 0 saturated carbocycles. The smallest absolute Gasteiger partial charge is 0.299 e. The molecular formula is C21H23FN4O3. The zero-order valence-corrected chi connectivity index (χ0v) is 16.1. The number of benzene rings is 2. The maximum atomic E-state index is 12.6. The summed E-state index contributed by atoms with van der Waals surface area (Å²) in [5.41, 5.74) is 7.94. The quantitative estimate of drug-likeness (QED) is 0.576. The summed E-state index contributed by atoms with van der Waals surface area (Å²) in [4.78, 5) is 18.2. The third-order valence-electron chi connectivity index (χ3n) is 4.29. The number of likely N-dealkylation sites (N-methyl/N-ethyl adjacent to an activating group) is 1. The molecule has 0 fully saturated rings. The van der Waals surface area contributed by atoms with E-state index in [9.17, 15) is 9.18 Å². The van der Waals surface area contributed by atoms with Crippen LogP contribution < -0.4 is 20.7 Å². The summed E-state index contributed by atoms with van der Waals surface area (Å²) in [5, 5.41) is 2.62. The molecule has 0 bridgehead atoms. The van der Waals surface area contributed by atoms with E-state index >= 15 is 0 Å². The summed E-state index contributed by atoms with van der Waals surface area (Å²) in [7, 11) is 1.58. The van der Waals surface area contributed by atoms with Crippen molar-refractivity contribution in [1.82, 2.24) is 10.3 Å². The second-order valence-corrected chi connectivity index (χ2v) is 6.40. The van der Waals surface area contributed by atoms with Crippen LogP contribution in [0.1, 0.15) is 5.56 Å². The van der Waals surface area contributed by atoms with Crippen LogP contribution in [-0.2, 0) is 11.3 Å². The predicted octanol–water partition coefficient (Wildman–Crippen LogP) is 2.77. The van der Waals surface area contributed by atoms with E-state index in [1.807, 2.05) is 30.3 Å². The van der Waals surface area contributed by atoms with Crippen molar-refractivity contribution in [1.29, 1.82) is 0 Å². The van der Waals surface area contributed by atoms with E-state index in [0.29, 0.717) is 41.3 Å². The number of ether oxygens (including phenoxy) is 1. The normalized spacial score (nSPS) is 11.5. The first-order valence-corrected chi connectivity index (χ1v) is 9.14. The fraction of sp³-hybridized carbons (Fsp3) is 0.238. The molecule has 3 rings (SSSR count). The van der Waals surface area contributed by atoms with Crippen LogP contribution in [0.4, 0.5) is 10.4 Å². The monoisotopic (exact) mass is 398 g/mol. The molecule has 2 aromatic carbocycles. The minimum Gasteiger partial charge on any atom is -0.489 e. The van der Waals surface area contributed by atoms with Crippen LogP contribution in [0, 0.1) is 0 Å². The molecule has 0 unspecified atom stereocenters. The number of carbonyl (C=O) groups is 1. The Hall–Kier alpha value is -3.39. The molecule has 0 saturated heterocycles. The zero-order valence-electron chi connectivity index (χ0n) is 16.1. The van der Waals surface area contributed by atoms with Gasteiger partial charge in [0, 0.05) is 31.8 Å². The largest absolute Gasteiger partial charge is 0.489 e.